The van der Waals surface area contributed by atoms with Crippen molar-refractivity contribution in [2.24, 2.45) is 5.92 Å². The lowest BCUT2D eigenvalue weighted by Gasteiger charge is -2.09. The largest absolute Gasteiger partial charge is 0.319 e. The lowest BCUT2D eigenvalue weighted by Crippen LogP contribution is -2.24. The van der Waals surface area contributed by atoms with Gasteiger partial charge in [-0.05, 0) is 25.8 Å². The normalized spacial score (nSPS) is 19.5. The fourth-order valence-corrected chi connectivity index (χ4v) is 3.61. The van der Waals surface area contributed by atoms with Crippen LogP contribution in [0.25, 0.3) is 0 Å². The standard InChI is InChI=1S/C9H19NO2S/c1-10-6-7-13(11,12)8-9-4-2-3-5-9/h9-10H,2-8H2,1H3. The van der Waals surface area contributed by atoms with E-state index in [-0.39, 0.29) is 0 Å². The quantitative estimate of drug-likeness (QED) is 0.722. The van der Waals surface area contributed by atoms with Crippen LogP contribution in [0.2, 0.25) is 0 Å². The van der Waals surface area contributed by atoms with Gasteiger partial charge in [-0.2, -0.15) is 0 Å². The van der Waals surface area contributed by atoms with Crippen molar-refractivity contribution in [1.29, 1.82) is 0 Å². The van der Waals surface area contributed by atoms with Gasteiger partial charge in [-0.3, -0.25) is 0 Å². The molecule has 0 saturated heterocycles. The summed E-state index contributed by atoms with van der Waals surface area (Å²) in [6.45, 7) is 0.578. The monoisotopic (exact) mass is 205 g/mol. The maximum Gasteiger partial charge on any atom is 0.151 e. The van der Waals surface area contributed by atoms with Gasteiger partial charge in [-0.15, -0.1) is 0 Å². The lowest BCUT2D eigenvalue weighted by atomic mass is 10.1. The zero-order valence-electron chi connectivity index (χ0n) is 8.25. The topological polar surface area (TPSA) is 46.2 Å². The summed E-state index contributed by atoms with van der Waals surface area (Å²) < 4.78 is 23.0. The summed E-state index contributed by atoms with van der Waals surface area (Å²) in [6, 6.07) is 0. The molecule has 4 heteroatoms. The minimum atomic E-state index is -2.79. The molecule has 0 aromatic carbocycles. The number of nitrogens with one attached hydrogen (secondary N) is 1. The van der Waals surface area contributed by atoms with E-state index >= 15 is 0 Å². The maximum atomic E-state index is 11.5. The fraction of sp³-hybridized carbons (Fsp3) is 1.00. The highest BCUT2D eigenvalue weighted by molar-refractivity contribution is 7.91. The summed E-state index contributed by atoms with van der Waals surface area (Å²) in [7, 11) is -1.01. The highest BCUT2D eigenvalue weighted by Gasteiger charge is 2.21. The zero-order valence-corrected chi connectivity index (χ0v) is 9.07. The second-order valence-corrected chi connectivity index (χ2v) is 6.10. The van der Waals surface area contributed by atoms with Crippen molar-refractivity contribution in [2.75, 3.05) is 25.1 Å². The van der Waals surface area contributed by atoms with Crippen molar-refractivity contribution in [3.05, 3.63) is 0 Å². The highest BCUT2D eigenvalue weighted by atomic mass is 32.2. The second kappa shape index (κ2) is 4.96. The van der Waals surface area contributed by atoms with E-state index in [4.69, 9.17) is 0 Å². The van der Waals surface area contributed by atoms with Gasteiger partial charge in [0.05, 0.1) is 11.5 Å². The molecule has 1 aliphatic carbocycles. The molecule has 0 aromatic heterocycles. The van der Waals surface area contributed by atoms with Crippen LogP contribution in [0.1, 0.15) is 25.7 Å². The third kappa shape index (κ3) is 4.09. The molecule has 3 nitrogen and oxygen atoms in total. The molecule has 0 heterocycles. The Balaban J connectivity index is 2.32. The maximum absolute atomic E-state index is 11.5. The minimum Gasteiger partial charge on any atom is -0.319 e. The van der Waals surface area contributed by atoms with Crippen LogP contribution in [0, 0.1) is 5.92 Å². The SMILES string of the molecule is CNCCS(=O)(=O)CC1CCCC1. The highest BCUT2D eigenvalue weighted by Crippen LogP contribution is 2.25. The Morgan fingerprint density at radius 3 is 2.46 bits per heavy atom. The van der Waals surface area contributed by atoms with E-state index in [1.54, 1.807) is 7.05 Å². The molecule has 0 radical (unpaired) electrons. The van der Waals surface area contributed by atoms with E-state index in [1.807, 2.05) is 0 Å². The number of rotatable bonds is 5. The Bertz CT molecular complexity index is 230. The van der Waals surface area contributed by atoms with Crippen LogP contribution in [0.5, 0.6) is 0 Å². The van der Waals surface area contributed by atoms with Crippen molar-refractivity contribution in [3.63, 3.8) is 0 Å². The van der Waals surface area contributed by atoms with Gasteiger partial charge in [0, 0.05) is 6.54 Å². The first-order valence-electron chi connectivity index (χ1n) is 4.99. The van der Waals surface area contributed by atoms with Crippen molar-refractivity contribution >= 4 is 9.84 Å². The van der Waals surface area contributed by atoms with Crippen LogP contribution in [-0.4, -0.2) is 33.5 Å². The molecular weight excluding hydrogens is 186 g/mol. The fourth-order valence-electron chi connectivity index (χ4n) is 1.88. The Labute approximate surface area is 80.8 Å². The van der Waals surface area contributed by atoms with Crippen molar-refractivity contribution in [1.82, 2.24) is 5.32 Å². The van der Waals surface area contributed by atoms with Gasteiger partial charge >= 0.3 is 0 Å². The summed E-state index contributed by atoms with van der Waals surface area (Å²) >= 11 is 0. The van der Waals surface area contributed by atoms with Crippen LogP contribution in [0.4, 0.5) is 0 Å². The number of hydrogen-bond acceptors (Lipinski definition) is 3. The Morgan fingerprint density at radius 1 is 1.31 bits per heavy atom. The molecule has 0 atom stereocenters. The number of sulfone groups is 1. The van der Waals surface area contributed by atoms with Crippen LogP contribution >= 0.6 is 0 Å². The van der Waals surface area contributed by atoms with Gasteiger partial charge < -0.3 is 5.32 Å². The van der Waals surface area contributed by atoms with Crippen LogP contribution < -0.4 is 5.32 Å². The van der Waals surface area contributed by atoms with E-state index in [9.17, 15) is 8.42 Å². The first-order valence-corrected chi connectivity index (χ1v) is 6.81. The third-order valence-corrected chi connectivity index (χ3v) is 4.43. The molecule has 0 amide bonds. The van der Waals surface area contributed by atoms with E-state index in [0.29, 0.717) is 24.0 Å². The summed E-state index contributed by atoms with van der Waals surface area (Å²) in [6.07, 6.45) is 4.65. The van der Waals surface area contributed by atoms with Gasteiger partial charge in [-0.1, -0.05) is 12.8 Å². The summed E-state index contributed by atoms with van der Waals surface area (Å²) in [5.41, 5.74) is 0. The van der Waals surface area contributed by atoms with E-state index in [2.05, 4.69) is 5.32 Å². The average Bonchev–Trinajstić information content (AvgIpc) is 2.52. The average molecular weight is 205 g/mol. The predicted octanol–water partition coefficient (Wildman–Crippen LogP) is 0.811. The Kier molecular flexibility index (Phi) is 4.19. The molecule has 0 aliphatic heterocycles. The molecule has 0 bridgehead atoms. The van der Waals surface area contributed by atoms with Gasteiger partial charge in [0.25, 0.3) is 0 Å². The predicted molar refractivity (Wildman–Crippen MR) is 54.5 cm³/mol. The Morgan fingerprint density at radius 2 is 1.92 bits per heavy atom. The van der Waals surface area contributed by atoms with Crippen molar-refractivity contribution < 1.29 is 8.42 Å². The lowest BCUT2D eigenvalue weighted by molar-refractivity contribution is 0.557. The molecule has 13 heavy (non-hydrogen) atoms. The number of hydrogen-bond donors (Lipinski definition) is 1. The molecule has 1 saturated carbocycles. The molecule has 1 aliphatic rings. The zero-order chi connectivity index (χ0) is 9.73. The molecule has 0 unspecified atom stereocenters. The first-order chi connectivity index (χ1) is 6.14. The van der Waals surface area contributed by atoms with E-state index in [1.165, 1.54) is 12.8 Å². The summed E-state index contributed by atoms with van der Waals surface area (Å²) in [5, 5.41) is 2.87. The minimum absolute atomic E-state index is 0.292. The van der Waals surface area contributed by atoms with Crippen LogP contribution in [0.15, 0.2) is 0 Å². The van der Waals surface area contributed by atoms with Crippen LogP contribution in [-0.2, 0) is 9.84 Å². The smallest absolute Gasteiger partial charge is 0.151 e. The molecule has 0 aromatic rings. The van der Waals surface area contributed by atoms with Gasteiger partial charge in [-0.25, -0.2) is 8.42 Å². The molecule has 1 rings (SSSR count). The van der Waals surface area contributed by atoms with Gasteiger partial charge in [0.2, 0.25) is 0 Å². The molecule has 0 spiro atoms. The Hall–Kier alpha value is -0.0900. The van der Waals surface area contributed by atoms with Crippen molar-refractivity contribution in [3.8, 4) is 0 Å². The third-order valence-electron chi connectivity index (χ3n) is 2.63. The summed E-state index contributed by atoms with van der Waals surface area (Å²) in [4.78, 5) is 0. The van der Waals surface area contributed by atoms with E-state index < -0.39 is 9.84 Å². The van der Waals surface area contributed by atoms with E-state index in [0.717, 1.165) is 12.8 Å². The molecular formula is C9H19NO2S. The molecule has 78 valence electrons. The summed E-state index contributed by atoms with van der Waals surface area (Å²) in [5.74, 6) is 1.15. The van der Waals surface area contributed by atoms with Crippen molar-refractivity contribution in [2.45, 2.75) is 25.7 Å². The van der Waals surface area contributed by atoms with Crippen LogP contribution in [0.3, 0.4) is 0 Å². The first kappa shape index (κ1) is 11.0. The molecule has 1 N–H and O–H groups in total. The van der Waals surface area contributed by atoms with Gasteiger partial charge in [0.1, 0.15) is 0 Å². The van der Waals surface area contributed by atoms with Gasteiger partial charge in [0.15, 0.2) is 9.84 Å². The second-order valence-electron chi connectivity index (χ2n) is 3.87. The molecule has 1 fully saturated rings.